The van der Waals surface area contributed by atoms with Gasteiger partial charge in [0.2, 0.25) is 5.91 Å². The molecule has 0 spiro atoms. The minimum Gasteiger partial charge on any atom is -0.348 e. The highest BCUT2D eigenvalue weighted by Crippen LogP contribution is 2.20. The first kappa shape index (κ1) is 18.1. The molecule has 3 rings (SSSR count). The second kappa shape index (κ2) is 7.25. The summed E-state index contributed by atoms with van der Waals surface area (Å²) in [5, 5.41) is 3.24. The number of aryl methyl sites for hydroxylation is 1. The maximum Gasteiger partial charge on any atom is 0.261 e. The Balaban J connectivity index is 1.81. The van der Waals surface area contributed by atoms with Crippen molar-refractivity contribution in [1.82, 2.24) is 14.9 Å². The molecule has 0 saturated carbocycles. The standard InChI is InChI=1S/C19H17ClFN3O2/c1-11(13-7-8-16(21)15(20)9-13)22-18(25)10-24-12(2)23-17-6-4-3-5-14(17)19(24)26/h3-9,11H,10H2,1-2H3,(H,22,25). The molecule has 1 N–H and O–H groups in total. The monoisotopic (exact) mass is 373 g/mol. The lowest BCUT2D eigenvalue weighted by molar-refractivity contribution is -0.122. The summed E-state index contributed by atoms with van der Waals surface area (Å²) in [4.78, 5) is 29.4. The average molecular weight is 374 g/mol. The Kier molecular flexibility index (Phi) is 5.04. The van der Waals surface area contributed by atoms with Crippen molar-refractivity contribution in [2.75, 3.05) is 0 Å². The first-order valence-electron chi connectivity index (χ1n) is 8.07. The first-order chi connectivity index (χ1) is 12.4. The number of carbonyl (C=O) groups is 1. The van der Waals surface area contributed by atoms with Gasteiger partial charge < -0.3 is 5.32 Å². The van der Waals surface area contributed by atoms with Crippen molar-refractivity contribution in [2.24, 2.45) is 0 Å². The van der Waals surface area contributed by atoms with E-state index in [2.05, 4.69) is 10.3 Å². The van der Waals surface area contributed by atoms with Gasteiger partial charge in [-0.15, -0.1) is 0 Å². The first-order valence-corrected chi connectivity index (χ1v) is 8.45. The fourth-order valence-electron chi connectivity index (χ4n) is 2.76. The van der Waals surface area contributed by atoms with Crippen molar-refractivity contribution in [3.63, 3.8) is 0 Å². The van der Waals surface area contributed by atoms with Crippen LogP contribution in [0.4, 0.5) is 4.39 Å². The van der Waals surface area contributed by atoms with Gasteiger partial charge in [0.15, 0.2) is 0 Å². The van der Waals surface area contributed by atoms with Gasteiger partial charge in [-0.05, 0) is 43.7 Å². The number of amides is 1. The molecule has 0 bridgehead atoms. The van der Waals surface area contributed by atoms with E-state index in [9.17, 15) is 14.0 Å². The van der Waals surface area contributed by atoms with Crippen LogP contribution in [0.1, 0.15) is 24.4 Å². The quantitative estimate of drug-likeness (QED) is 0.762. The molecule has 1 atom stereocenters. The fourth-order valence-corrected chi connectivity index (χ4v) is 2.95. The molecular weight excluding hydrogens is 357 g/mol. The Morgan fingerprint density at radius 1 is 1.31 bits per heavy atom. The summed E-state index contributed by atoms with van der Waals surface area (Å²) < 4.78 is 14.6. The van der Waals surface area contributed by atoms with E-state index >= 15 is 0 Å². The van der Waals surface area contributed by atoms with E-state index in [0.29, 0.717) is 22.3 Å². The van der Waals surface area contributed by atoms with Gasteiger partial charge in [0.1, 0.15) is 18.2 Å². The Bertz CT molecular complexity index is 1050. The molecule has 0 fully saturated rings. The highest BCUT2D eigenvalue weighted by molar-refractivity contribution is 6.30. The Hall–Kier alpha value is -2.73. The van der Waals surface area contributed by atoms with Crippen LogP contribution in [0.5, 0.6) is 0 Å². The zero-order chi connectivity index (χ0) is 18.8. The molecule has 2 aromatic carbocycles. The van der Waals surface area contributed by atoms with Crippen molar-refractivity contribution in [1.29, 1.82) is 0 Å². The van der Waals surface area contributed by atoms with Crippen LogP contribution in [0.15, 0.2) is 47.3 Å². The molecule has 0 aliphatic rings. The molecular formula is C19H17ClFN3O2. The zero-order valence-corrected chi connectivity index (χ0v) is 15.0. The molecule has 3 aromatic rings. The van der Waals surface area contributed by atoms with Crippen molar-refractivity contribution in [2.45, 2.75) is 26.4 Å². The number of para-hydroxylation sites is 1. The van der Waals surface area contributed by atoms with Gasteiger partial charge in [0, 0.05) is 0 Å². The summed E-state index contributed by atoms with van der Waals surface area (Å²) in [5.41, 5.74) is 1.01. The number of nitrogens with zero attached hydrogens (tertiary/aromatic N) is 2. The van der Waals surface area contributed by atoms with Gasteiger partial charge in [-0.3, -0.25) is 14.2 Å². The molecule has 1 heterocycles. The second-order valence-corrected chi connectivity index (χ2v) is 6.44. The van der Waals surface area contributed by atoms with E-state index in [1.165, 1.54) is 16.7 Å². The lowest BCUT2D eigenvalue weighted by atomic mass is 10.1. The molecule has 5 nitrogen and oxygen atoms in total. The Morgan fingerprint density at radius 2 is 2.04 bits per heavy atom. The number of carbonyl (C=O) groups excluding carboxylic acids is 1. The van der Waals surface area contributed by atoms with Gasteiger partial charge in [0.05, 0.1) is 22.0 Å². The van der Waals surface area contributed by atoms with Crippen molar-refractivity contribution in [3.8, 4) is 0 Å². The molecule has 26 heavy (non-hydrogen) atoms. The van der Waals surface area contributed by atoms with Crippen LogP contribution in [0.3, 0.4) is 0 Å². The third-order valence-corrected chi connectivity index (χ3v) is 4.47. The number of halogens is 2. The van der Waals surface area contributed by atoms with Crippen molar-refractivity contribution < 1.29 is 9.18 Å². The minimum atomic E-state index is -0.515. The van der Waals surface area contributed by atoms with Gasteiger partial charge >= 0.3 is 0 Å². The van der Waals surface area contributed by atoms with E-state index in [1.807, 2.05) is 0 Å². The topological polar surface area (TPSA) is 64.0 Å². The summed E-state index contributed by atoms with van der Waals surface area (Å²) >= 11 is 5.78. The predicted octanol–water partition coefficient (Wildman–Crippen LogP) is 3.37. The number of nitrogens with one attached hydrogen (secondary N) is 1. The highest BCUT2D eigenvalue weighted by atomic mass is 35.5. The lowest BCUT2D eigenvalue weighted by Gasteiger charge is -2.16. The van der Waals surface area contributed by atoms with Crippen molar-refractivity contribution >= 4 is 28.4 Å². The van der Waals surface area contributed by atoms with E-state index in [4.69, 9.17) is 11.6 Å². The van der Waals surface area contributed by atoms with E-state index in [0.717, 1.165) is 0 Å². The minimum absolute atomic E-state index is 0.00519. The molecule has 7 heteroatoms. The van der Waals surface area contributed by atoms with Crippen LogP contribution >= 0.6 is 11.6 Å². The van der Waals surface area contributed by atoms with Gasteiger partial charge in [-0.2, -0.15) is 0 Å². The molecule has 0 aliphatic carbocycles. The van der Waals surface area contributed by atoms with Gasteiger partial charge in [0.25, 0.3) is 5.56 Å². The maximum atomic E-state index is 13.3. The highest BCUT2D eigenvalue weighted by Gasteiger charge is 2.15. The van der Waals surface area contributed by atoms with E-state index in [1.54, 1.807) is 44.2 Å². The summed E-state index contributed by atoms with van der Waals surface area (Å²) in [6, 6.07) is 10.9. The lowest BCUT2D eigenvalue weighted by Crippen LogP contribution is -2.35. The third kappa shape index (κ3) is 3.60. The molecule has 1 aromatic heterocycles. The molecule has 1 unspecified atom stereocenters. The Morgan fingerprint density at radius 3 is 2.77 bits per heavy atom. The van der Waals surface area contributed by atoms with Crippen LogP contribution in [-0.2, 0) is 11.3 Å². The number of rotatable bonds is 4. The SMILES string of the molecule is Cc1nc2ccccc2c(=O)n1CC(=O)NC(C)c1ccc(F)c(Cl)c1. The maximum absolute atomic E-state index is 13.3. The smallest absolute Gasteiger partial charge is 0.261 e. The van der Waals surface area contributed by atoms with E-state index in [-0.39, 0.29) is 29.1 Å². The summed E-state index contributed by atoms with van der Waals surface area (Å²) in [7, 11) is 0. The zero-order valence-electron chi connectivity index (χ0n) is 14.3. The third-order valence-electron chi connectivity index (χ3n) is 4.18. The molecule has 0 aliphatic heterocycles. The summed E-state index contributed by atoms with van der Waals surface area (Å²) in [6.45, 7) is 3.29. The normalized spacial score (nSPS) is 12.2. The van der Waals surface area contributed by atoms with Crippen molar-refractivity contribution in [3.05, 3.63) is 75.0 Å². The predicted molar refractivity (Wildman–Crippen MR) is 98.7 cm³/mol. The average Bonchev–Trinajstić information content (AvgIpc) is 2.61. The van der Waals surface area contributed by atoms with Crippen LogP contribution < -0.4 is 10.9 Å². The van der Waals surface area contributed by atoms with Crippen LogP contribution in [0, 0.1) is 12.7 Å². The number of hydrogen-bond acceptors (Lipinski definition) is 3. The number of fused-ring (bicyclic) bond motifs is 1. The molecule has 1 amide bonds. The number of hydrogen-bond donors (Lipinski definition) is 1. The summed E-state index contributed by atoms with van der Waals surface area (Å²) in [5.74, 6) is -0.403. The number of aromatic nitrogens is 2. The number of benzene rings is 2. The van der Waals surface area contributed by atoms with Gasteiger partial charge in [-0.25, -0.2) is 9.37 Å². The van der Waals surface area contributed by atoms with E-state index < -0.39 is 5.82 Å². The summed E-state index contributed by atoms with van der Waals surface area (Å²) in [6.07, 6.45) is 0. The second-order valence-electron chi connectivity index (χ2n) is 6.03. The Labute approximate surface area is 154 Å². The molecule has 134 valence electrons. The molecule has 0 radical (unpaired) electrons. The van der Waals surface area contributed by atoms with Gasteiger partial charge in [-0.1, -0.05) is 29.8 Å². The largest absolute Gasteiger partial charge is 0.348 e. The van der Waals surface area contributed by atoms with Crippen LogP contribution in [0.25, 0.3) is 10.9 Å². The van der Waals surface area contributed by atoms with Crippen LogP contribution in [-0.4, -0.2) is 15.5 Å². The molecule has 0 saturated heterocycles. The van der Waals surface area contributed by atoms with Crippen LogP contribution in [0.2, 0.25) is 5.02 Å². The fraction of sp³-hybridized carbons (Fsp3) is 0.211.